The number of non-ortho nitro benzene ring substituents is 1. The standard InChI is InChI=1S/C12H17NO5/c1-9(15)11-8-10(13(16)17)4-5-12(11)18-7-3-2-6-14/h4-5,8-9,14-15H,2-3,6-7H2,1H3/t9-/m1/s1. The van der Waals surface area contributed by atoms with Gasteiger partial charge in [-0.1, -0.05) is 0 Å². The second-order valence-corrected chi connectivity index (χ2v) is 3.93. The molecule has 0 fully saturated rings. The van der Waals surface area contributed by atoms with Gasteiger partial charge >= 0.3 is 0 Å². The minimum atomic E-state index is -0.835. The first-order valence-corrected chi connectivity index (χ1v) is 5.76. The molecule has 6 nitrogen and oxygen atoms in total. The lowest BCUT2D eigenvalue weighted by atomic mass is 10.1. The number of aliphatic hydroxyl groups excluding tert-OH is 2. The summed E-state index contributed by atoms with van der Waals surface area (Å²) in [6, 6.07) is 4.14. The fourth-order valence-electron chi connectivity index (χ4n) is 1.50. The predicted octanol–water partition coefficient (Wildman–Crippen LogP) is 1.80. The van der Waals surface area contributed by atoms with Crippen molar-refractivity contribution in [1.29, 1.82) is 0 Å². The van der Waals surface area contributed by atoms with Crippen molar-refractivity contribution in [3.8, 4) is 5.75 Å². The van der Waals surface area contributed by atoms with Gasteiger partial charge < -0.3 is 14.9 Å². The third kappa shape index (κ3) is 3.97. The van der Waals surface area contributed by atoms with Gasteiger partial charge in [0.2, 0.25) is 0 Å². The minimum absolute atomic E-state index is 0.0754. The van der Waals surface area contributed by atoms with Crippen molar-refractivity contribution in [2.45, 2.75) is 25.9 Å². The van der Waals surface area contributed by atoms with Gasteiger partial charge in [-0.05, 0) is 25.8 Å². The van der Waals surface area contributed by atoms with Gasteiger partial charge in [-0.3, -0.25) is 10.1 Å². The first kappa shape index (κ1) is 14.4. The Morgan fingerprint density at radius 2 is 2.17 bits per heavy atom. The van der Waals surface area contributed by atoms with Gasteiger partial charge in [0.05, 0.1) is 17.6 Å². The molecule has 0 aliphatic heterocycles. The lowest BCUT2D eigenvalue weighted by molar-refractivity contribution is -0.385. The zero-order chi connectivity index (χ0) is 13.5. The van der Waals surface area contributed by atoms with E-state index in [2.05, 4.69) is 0 Å². The third-order valence-corrected chi connectivity index (χ3v) is 2.46. The summed E-state index contributed by atoms with van der Waals surface area (Å²) in [4.78, 5) is 10.1. The number of nitro groups is 1. The van der Waals surface area contributed by atoms with Gasteiger partial charge in [0.1, 0.15) is 5.75 Å². The fraction of sp³-hybridized carbons (Fsp3) is 0.500. The number of hydrogen-bond acceptors (Lipinski definition) is 5. The van der Waals surface area contributed by atoms with Crippen LogP contribution in [-0.2, 0) is 0 Å². The number of unbranched alkanes of at least 4 members (excludes halogenated alkanes) is 1. The highest BCUT2D eigenvalue weighted by Crippen LogP contribution is 2.29. The molecule has 1 atom stereocenters. The molecule has 1 aromatic carbocycles. The quantitative estimate of drug-likeness (QED) is 0.440. The van der Waals surface area contributed by atoms with E-state index in [0.717, 1.165) is 0 Å². The van der Waals surface area contributed by atoms with Crippen LogP contribution >= 0.6 is 0 Å². The molecule has 0 radical (unpaired) electrons. The summed E-state index contributed by atoms with van der Waals surface area (Å²) in [5, 5.41) is 28.8. The van der Waals surface area contributed by atoms with Crippen molar-refractivity contribution in [3.05, 3.63) is 33.9 Å². The van der Waals surface area contributed by atoms with Crippen LogP contribution in [0.3, 0.4) is 0 Å². The average Bonchev–Trinajstić information content (AvgIpc) is 2.34. The monoisotopic (exact) mass is 255 g/mol. The van der Waals surface area contributed by atoms with Crippen LogP contribution in [-0.4, -0.2) is 28.4 Å². The predicted molar refractivity (Wildman–Crippen MR) is 65.5 cm³/mol. The number of ether oxygens (including phenoxy) is 1. The largest absolute Gasteiger partial charge is 0.493 e. The van der Waals surface area contributed by atoms with Crippen molar-refractivity contribution >= 4 is 5.69 Å². The van der Waals surface area contributed by atoms with Crippen LogP contribution < -0.4 is 4.74 Å². The van der Waals surface area contributed by atoms with Crippen molar-refractivity contribution in [2.75, 3.05) is 13.2 Å². The number of rotatable bonds is 7. The number of aliphatic hydroxyl groups is 2. The molecule has 18 heavy (non-hydrogen) atoms. The van der Waals surface area contributed by atoms with E-state index in [1.807, 2.05) is 0 Å². The molecule has 6 heteroatoms. The molecule has 1 aromatic rings. The molecule has 0 spiro atoms. The highest BCUT2D eigenvalue weighted by molar-refractivity contribution is 5.44. The summed E-state index contributed by atoms with van der Waals surface area (Å²) in [6.07, 6.45) is 0.488. The highest BCUT2D eigenvalue weighted by Gasteiger charge is 2.15. The molecule has 0 bridgehead atoms. The van der Waals surface area contributed by atoms with Crippen molar-refractivity contribution in [3.63, 3.8) is 0 Å². The zero-order valence-electron chi connectivity index (χ0n) is 10.2. The Kier molecular flexibility index (Phi) is 5.54. The number of hydrogen-bond donors (Lipinski definition) is 2. The van der Waals surface area contributed by atoms with E-state index in [0.29, 0.717) is 30.8 Å². The summed E-state index contributed by atoms with van der Waals surface area (Å²) in [6.45, 7) is 2.03. The van der Waals surface area contributed by atoms with Crippen LogP contribution in [0.25, 0.3) is 0 Å². The Hall–Kier alpha value is -1.66. The first-order chi connectivity index (χ1) is 8.56. The molecule has 0 saturated heterocycles. The first-order valence-electron chi connectivity index (χ1n) is 5.76. The minimum Gasteiger partial charge on any atom is -0.493 e. The molecule has 1 rings (SSSR count). The maximum atomic E-state index is 10.6. The molecule has 0 amide bonds. The summed E-state index contributed by atoms with van der Waals surface area (Å²) < 4.78 is 5.44. The van der Waals surface area contributed by atoms with Crippen LogP contribution in [0.2, 0.25) is 0 Å². The van der Waals surface area contributed by atoms with Crippen LogP contribution in [0, 0.1) is 10.1 Å². The summed E-state index contributed by atoms with van der Waals surface area (Å²) in [5.74, 6) is 0.438. The molecular formula is C12H17NO5. The number of nitrogens with zero attached hydrogens (tertiary/aromatic N) is 1. The molecule has 100 valence electrons. The van der Waals surface area contributed by atoms with Gasteiger partial charge in [-0.15, -0.1) is 0 Å². The molecule has 0 aliphatic rings. The Morgan fingerprint density at radius 1 is 1.44 bits per heavy atom. The van der Waals surface area contributed by atoms with Gasteiger partial charge in [0.25, 0.3) is 5.69 Å². The molecule has 0 unspecified atom stereocenters. The number of benzene rings is 1. The van der Waals surface area contributed by atoms with Crippen LogP contribution in [0.5, 0.6) is 5.75 Å². The Bertz CT molecular complexity index is 405. The van der Waals surface area contributed by atoms with Gasteiger partial charge in [0.15, 0.2) is 0 Å². The SMILES string of the molecule is C[C@@H](O)c1cc([N+](=O)[O-])ccc1OCCCCO. The van der Waals surface area contributed by atoms with Crippen LogP contribution in [0.1, 0.15) is 31.4 Å². The maximum absolute atomic E-state index is 10.6. The third-order valence-electron chi connectivity index (χ3n) is 2.46. The average molecular weight is 255 g/mol. The van der Waals surface area contributed by atoms with Crippen molar-refractivity contribution in [2.24, 2.45) is 0 Å². The molecular weight excluding hydrogens is 238 g/mol. The maximum Gasteiger partial charge on any atom is 0.270 e. The van der Waals surface area contributed by atoms with E-state index in [1.54, 1.807) is 0 Å². The normalized spacial score (nSPS) is 12.2. The smallest absolute Gasteiger partial charge is 0.270 e. The summed E-state index contributed by atoms with van der Waals surface area (Å²) >= 11 is 0. The molecule has 0 heterocycles. The molecule has 0 saturated carbocycles. The summed E-state index contributed by atoms with van der Waals surface area (Å²) in [5.41, 5.74) is 0.321. The van der Waals surface area contributed by atoms with Crippen LogP contribution in [0.4, 0.5) is 5.69 Å². The van der Waals surface area contributed by atoms with Crippen LogP contribution in [0.15, 0.2) is 18.2 Å². The van der Waals surface area contributed by atoms with E-state index in [9.17, 15) is 15.2 Å². The Morgan fingerprint density at radius 3 is 2.72 bits per heavy atom. The van der Waals surface area contributed by atoms with E-state index in [4.69, 9.17) is 9.84 Å². The van der Waals surface area contributed by atoms with Crippen molar-refractivity contribution < 1.29 is 19.9 Å². The molecule has 2 N–H and O–H groups in total. The molecule has 0 aliphatic carbocycles. The second kappa shape index (κ2) is 6.93. The lowest BCUT2D eigenvalue weighted by Gasteiger charge is -2.13. The Balaban J connectivity index is 2.80. The second-order valence-electron chi connectivity index (χ2n) is 3.93. The Labute approximate surface area is 105 Å². The van der Waals surface area contributed by atoms with E-state index < -0.39 is 11.0 Å². The van der Waals surface area contributed by atoms with Gasteiger partial charge in [-0.25, -0.2) is 0 Å². The van der Waals surface area contributed by atoms with Gasteiger partial charge in [-0.2, -0.15) is 0 Å². The van der Waals surface area contributed by atoms with E-state index in [-0.39, 0.29) is 12.3 Å². The highest BCUT2D eigenvalue weighted by atomic mass is 16.6. The molecule has 0 aromatic heterocycles. The summed E-state index contributed by atoms with van der Waals surface area (Å²) in [7, 11) is 0. The van der Waals surface area contributed by atoms with E-state index in [1.165, 1.54) is 25.1 Å². The fourth-order valence-corrected chi connectivity index (χ4v) is 1.50. The van der Waals surface area contributed by atoms with Gasteiger partial charge in [0, 0.05) is 24.3 Å². The lowest BCUT2D eigenvalue weighted by Crippen LogP contribution is -2.04. The topological polar surface area (TPSA) is 92.8 Å². The number of nitro benzene ring substituents is 1. The zero-order valence-corrected chi connectivity index (χ0v) is 10.2. The van der Waals surface area contributed by atoms with Crippen molar-refractivity contribution in [1.82, 2.24) is 0 Å². The van der Waals surface area contributed by atoms with E-state index >= 15 is 0 Å².